The number of hydrogen-bond donors (Lipinski definition) is 3. The largest absolute Gasteiger partial charge is 0.511 e. The number of amides is 1. The van der Waals surface area contributed by atoms with E-state index in [1.807, 2.05) is 71.4 Å². The highest BCUT2D eigenvalue weighted by atomic mass is 35.5. The number of nitrogens with zero attached hydrogens (tertiary/aromatic N) is 2. The van der Waals surface area contributed by atoms with E-state index in [-0.39, 0.29) is 17.1 Å². The van der Waals surface area contributed by atoms with Crippen LogP contribution in [0.5, 0.6) is 11.6 Å². The fourth-order valence-electron chi connectivity index (χ4n) is 4.50. The predicted molar refractivity (Wildman–Crippen MR) is 153 cm³/mol. The summed E-state index contributed by atoms with van der Waals surface area (Å²) in [6, 6.07) is 22.2. The summed E-state index contributed by atoms with van der Waals surface area (Å²) < 4.78 is 6.24. The Balaban J connectivity index is 1.37. The molecule has 4 heterocycles. The number of thiophene rings is 1. The van der Waals surface area contributed by atoms with Crippen LogP contribution in [0.1, 0.15) is 17.7 Å². The van der Waals surface area contributed by atoms with E-state index in [2.05, 4.69) is 15.5 Å². The molecule has 1 unspecified atom stereocenters. The maximum atomic E-state index is 13.5. The molecule has 3 aromatic heterocycles. The molecule has 0 spiro atoms. The third-order valence-electron chi connectivity index (χ3n) is 6.36. The number of aromatic amines is 1. The van der Waals surface area contributed by atoms with Crippen LogP contribution in [0, 0.1) is 0 Å². The first kappa shape index (κ1) is 25.2. The standard InChI is InChI=1S/C29H21ClN4O3S2/c30-21-7-2-4-9-24(21)39-27-22(35)14-29(34-28(27)36,19-12-13-38-17-19)25-10-5-11-26(33-25)37-23-8-3-1-6-20(23)18-15-31-32-16-18/h1-13,15-17,35H,14H2,(H,31,32)(H,34,36). The third kappa shape index (κ3) is 4.92. The first-order valence-corrected chi connectivity index (χ1v) is 14.1. The van der Waals surface area contributed by atoms with Gasteiger partial charge >= 0.3 is 0 Å². The number of ether oxygens (including phenoxy) is 1. The second-order valence-electron chi connectivity index (χ2n) is 8.80. The number of rotatable bonds is 7. The molecular formula is C29H21ClN4O3S2. The van der Waals surface area contributed by atoms with Crippen molar-refractivity contribution in [3.63, 3.8) is 0 Å². The van der Waals surface area contributed by atoms with Gasteiger partial charge in [0.1, 0.15) is 22.0 Å². The number of aromatic nitrogens is 3. The third-order valence-corrected chi connectivity index (χ3v) is 8.69. The molecule has 39 heavy (non-hydrogen) atoms. The molecule has 0 aliphatic carbocycles. The quantitative estimate of drug-likeness (QED) is 0.189. The monoisotopic (exact) mass is 572 g/mol. The van der Waals surface area contributed by atoms with Crippen molar-refractivity contribution >= 4 is 40.6 Å². The van der Waals surface area contributed by atoms with Crippen molar-refractivity contribution in [3.8, 4) is 22.8 Å². The molecule has 1 amide bonds. The molecular weight excluding hydrogens is 552 g/mol. The molecule has 1 aliphatic heterocycles. The van der Waals surface area contributed by atoms with Gasteiger partial charge in [0.05, 0.1) is 16.9 Å². The van der Waals surface area contributed by atoms with E-state index in [0.29, 0.717) is 27.2 Å². The number of nitrogens with one attached hydrogen (secondary N) is 2. The summed E-state index contributed by atoms with van der Waals surface area (Å²) >= 11 is 8.96. The van der Waals surface area contributed by atoms with Gasteiger partial charge in [-0.15, -0.1) is 0 Å². The van der Waals surface area contributed by atoms with Crippen molar-refractivity contribution in [2.45, 2.75) is 16.9 Å². The van der Waals surface area contributed by atoms with Crippen molar-refractivity contribution in [2.24, 2.45) is 0 Å². The van der Waals surface area contributed by atoms with Gasteiger partial charge in [0.25, 0.3) is 5.91 Å². The number of carbonyl (C=O) groups excluding carboxylic acids is 1. The fourth-order valence-corrected chi connectivity index (χ4v) is 6.35. The molecule has 10 heteroatoms. The highest BCUT2D eigenvalue weighted by molar-refractivity contribution is 8.04. The lowest BCUT2D eigenvalue weighted by molar-refractivity contribution is -0.119. The van der Waals surface area contributed by atoms with E-state index in [4.69, 9.17) is 21.3 Å². The van der Waals surface area contributed by atoms with Crippen LogP contribution in [-0.2, 0) is 10.3 Å². The lowest BCUT2D eigenvalue weighted by atomic mass is 9.82. The zero-order valence-electron chi connectivity index (χ0n) is 20.3. The minimum atomic E-state index is -1.09. The van der Waals surface area contributed by atoms with E-state index < -0.39 is 11.4 Å². The van der Waals surface area contributed by atoms with Crippen LogP contribution in [0.15, 0.2) is 112 Å². The molecule has 0 radical (unpaired) electrons. The molecule has 7 nitrogen and oxygen atoms in total. The Bertz CT molecular complexity index is 1670. The van der Waals surface area contributed by atoms with E-state index in [1.54, 1.807) is 24.5 Å². The van der Waals surface area contributed by atoms with Crippen LogP contribution in [0.25, 0.3) is 11.1 Å². The summed E-state index contributed by atoms with van der Waals surface area (Å²) in [5.41, 5.74) is 2.02. The van der Waals surface area contributed by atoms with Gasteiger partial charge in [0, 0.05) is 34.7 Å². The zero-order valence-corrected chi connectivity index (χ0v) is 22.7. The van der Waals surface area contributed by atoms with Crippen LogP contribution < -0.4 is 10.1 Å². The Morgan fingerprint density at radius 2 is 1.90 bits per heavy atom. The molecule has 194 valence electrons. The molecule has 2 aromatic carbocycles. The molecule has 5 aromatic rings. The number of aliphatic hydroxyl groups excluding tert-OH is 1. The molecule has 1 atom stereocenters. The minimum Gasteiger partial charge on any atom is -0.511 e. The SMILES string of the molecule is O=C1NC(c2ccsc2)(c2cccc(Oc3ccccc3-c3cn[nH]c3)n2)CC(O)=C1Sc1ccccc1Cl. The Morgan fingerprint density at radius 3 is 2.67 bits per heavy atom. The highest BCUT2D eigenvalue weighted by Crippen LogP contribution is 2.44. The summed E-state index contributed by atoms with van der Waals surface area (Å²) in [5.74, 6) is 0.524. The van der Waals surface area contributed by atoms with E-state index in [1.165, 1.54) is 11.3 Å². The lowest BCUT2D eigenvalue weighted by Gasteiger charge is -2.37. The number of H-pyrrole nitrogens is 1. The van der Waals surface area contributed by atoms with Gasteiger partial charge in [-0.05, 0) is 46.7 Å². The second kappa shape index (κ2) is 10.6. The second-order valence-corrected chi connectivity index (χ2v) is 11.0. The topological polar surface area (TPSA) is 100 Å². The molecule has 0 bridgehead atoms. The van der Waals surface area contributed by atoms with Gasteiger partial charge in [-0.2, -0.15) is 16.4 Å². The van der Waals surface area contributed by atoms with Crippen LogP contribution in [0.3, 0.4) is 0 Å². The summed E-state index contributed by atoms with van der Waals surface area (Å²) in [6.45, 7) is 0. The van der Waals surface area contributed by atoms with Gasteiger partial charge in [0.15, 0.2) is 0 Å². The minimum absolute atomic E-state index is 0.0340. The first-order chi connectivity index (χ1) is 19.0. The van der Waals surface area contributed by atoms with Crippen molar-refractivity contribution in [2.75, 3.05) is 0 Å². The molecule has 3 N–H and O–H groups in total. The Kier molecular flexibility index (Phi) is 6.86. The van der Waals surface area contributed by atoms with Gasteiger partial charge in [-0.1, -0.05) is 59.8 Å². The average molecular weight is 573 g/mol. The van der Waals surface area contributed by atoms with E-state index in [0.717, 1.165) is 28.5 Å². The van der Waals surface area contributed by atoms with Crippen molar-refractivity contribution in [1.29, 1.82) is 0 Å². The number of carbonyl (C=O) groups is 1. The number of pyridine rings is 1. The maximum Gasteiger partial charge on any atom is 0.262 e. The Morgan fingerprint density at radius 1 is 1.05 bits per heavy atom. The van der Waals surface area contributed by atoms with Gasteiger partial charge < -0.3 is 15.2 Å². The highest BCUT2D eigenvalue weighted by Gasteiger charge is 2.44. The van der Waals surface area contributed by atoms with Gasteiger partial charge in [-0.3, -0.25) is 9.89 Å². The van der Waals surface area contributed by atoms with Crippen LogP contribution >= 0.6 is 34.7 Å². The summed E-state index contributed by atoms with van der Waals surface area (Å²) in [4.78, 5) is 19.2. The van der Waals surface area contributed by atoms with Gasteiger partial charge in [0.2, 0.25) is 5.88 Å². The molecule has 6 rings (SSSR count). The molecule has 1 aliphatic rings. The lowest BCUT2D eigenvalue weighted by Crippen LogP contribution is -2.50. The van der Waals surface area contributed by atoms with Crippen LogP contribution in [-0.4, -0.2) is 26.2 Å². The van der Waals surface area contributed by atoms with Crippen molar-refractivity contribution in [3.05, 3.63) is 123 Å². The van der Waals surface area contributed by atoms with Crippen molar-refractivity contribution in [1.82, 2.24) is 20.5 Å². The Labute approximate surface area is 237 Å². The summed E-state index contributed by atoms with van der Waals surface area (Å²) in [5, 5.41) is 25.6. The average Bonchev–Trinajstić information content (AvgIpc) is 3.68. The summed E-state index contributed by atoms with van der Waals surface area (Å²) in [7, 11) is 0. The number of thioether (sulfide) groups is 1. The van der Waals surface area contributed by atoms with Crippen LogP contribution in [0.2, 0.25) is 5.02 Å². The smallest absolute Gasteiger partial charge is 0.262 e. The number of benzene rings is 2. The maximum absolute atomic E-state index is 13.5. The number of para-hydroxylation sites is 1. The first-order valence-electron chi connectivity index (χ1n) is 12.0. The zero-order chi connectivity index (χ0) is 26.8. The fraction of sp³-hybridized carbons (Fsp3) is 0.0690. The molecule has 0 saturated heterocycles. The molecule has 0 fully saturated rings. The van der Waals surface area contributed by atoms with Crippen molar-refractivity contribution < 1.29 is 14.6 Å². The van der Waals surface area contributed by atoms with E-state index in [9.17, 15) is 9.90 Å². The summed E-state index contributed by atoms with van der Waals surface area (Å²) in [6.07, 6.45) is 3.63. The predicted octanol–water partition coefficient (Wildman–Crippen LogP) is 7.30. The Hall–Kier alpha value is -4.05. The normalized spacial score (nSPS) is 17.2. The number of hydrogen-bond acceptors (Lipinski definition) is 7. The molecule has 0 saturated carbocycles. The number of halogens is 1. The van der Waals surface area contributed by atoms with E-state index >= 15 is 0 Å². The van der Waals surface area contributed by atoms with Crippen LogP contribution in [0.4, 0.5) is 0 Å². The number of aliphatic hydroxyl groups is 1. The van der Waals surface area contributed by atoms with Gasteiger partial charge in [-0.25, -0.2) is 4.98 Å².